The van der Waals surface area contributed by atoms with Gasteiger partial charge in [-0.1, -0.05) is 42.2 Å². The third kappa shape index (κ3) is 2.92. The van der Waals surface area contributed by atoms with Crippen molar-refractivity contribution in [3.63, 3.8) is 0 Å². The number of hydrogen-bond donors (Lipinski definition) is 0. The van der Waals surface area contributed by atoms with Crippen LogP contribution in [0, 0.1) is 11.3 Å². The van der Waals surface area contributed by atoms with Gasteiger partial charge < -0.3 is 0 Å². The van der Waals surface area contributed by atoms with E-state index in [1.165, 1.54) is 16.7 Å². The van der Waals surface area contributed by atoms with Crippen molar-refractivity contribution >= 4 is 40.3 Å². The lowest BCUT2D eigenvalue weighted by molar-refractivity contribution is -0.121. The van der Waals surface area contributed by atoms with Gasteiger partial charge in [-0.05, 0) is 23.8 Å². The highest BCUT2D eigenvalue weighted by molar-refractivity contribution is 8.26. The van der Waals surface area contributed by atoms with Gasteiger partial charge in [0.25, 0.3) is 5.91 Å². The fourth-order valence-corrected chi connectivity index (χ4v) is 2.87. The lowest BCUT2D eigenvalue weighted by atomic mass is 10.1. The minimum absolute atomic E-state index is 0.0979. The van der Waals surface area contributed by atoms with Crippen molar-refractivity contribution in [1.82, 2.24) is 4.90 Å². The fraction of sp³-hybridized carbons (Fsp3) is 0.0714. The second-order valence-corrected chi connectivity index (χ2v) is 5.49. The van der Waals surface area contributed by atoms with Crippen LogP contribution < -0.4 is 0 Å². The van der Waals surface area contributed by atoms with Gasteiger partial charge in [-0.2, -0.15) is 5.26 Å². The number of benzene rings is 1. The zero-order chi connectivity index (χ0) is 13.8. The number of thioether (sulfide) groups is 1. The maximum atomic E-state index is 12.1. The quantitative estimate of drug-likeness (QED) is 0.487. The van der Waals surface area contributed by atoms with Crippen molar-refractivity contribution in [2.24, 2.45) is 0 Å². The second kappa shape index (κ2) is 5.83. The van der Waals surface area contributed by atoms with Crippen molar-refractivity contribution in [2.75, 3.05) is 6.54 Å². The lowest BCUT2D eigenvalue weighted by Crippen LogP contribution is -2.27. The van der Waals surface area contributed by atoms with Gasteiger partial charge in [-0.3, -0.25) is 9.69 Å². The normalized spacial score (nSPS) is 16.8. The van der Waals surface area contributed by atoms with E-state index in [4.69, 9.17) is 17.5 Å². The molecule has 0 aliphatic carbocycles. The molecule has 1 aliphatic heterocycles. The molecular weight excluding hydrogens is 276 g/mol. The first-order valence-corrected chi connectivity index (χ1v) is 6.74. The van der Waals surface area contributed by atoms with Crippen LogP contribution in [0.3, 0.4) is 0 Å². The zero-order valence-corrected chi connectivity index (χ0v) is 11.6. The number of nitriles is 1. The number of nitrogens with zero attached hydrogens (tertiary/aromatic N) is 2. The summed E-state index contributed by atoms with van der Waals surface area (Å²) in [6.45, 7) is 4.03. The van der Waals surface area contributed by atoms with Gasteiger partial charge in [0.2, 0.25) is 0 Å². The van der Waals surface area contributed by atoms with Crippen molar-refractivity contribution in [1.29, 1.82) is 5.26 Å². The summed E-state index contributed by atoms with van der Waals surface area (Å²) in [7, 11) is 0. The van der Waals surface area contributed by atoms with Crippen molar-refractivity contribution in [3.8, 4) is 6.07 Å². The Morgan fingerprint density at radius 3 is 2.68 bits per heavy atom. The number of thiocarbonyl (C=S) groups is 1. The molecule has 1 aromatic carbocycles. The average molecular weight is 286 g/mol. The summed E-state index contributed by atoms with van der Waals surface area (Å²) >= 11 is 6.43. The van der Waals surface area contributed by atoms with Gasteiger partial charge in [0.1, 0.15) is 4.32 Å². The molecule has 3 nitrogen and oxygen atoms in total. The molecule has 1 saturated heterocycles. The SMILES string of the molecule is C=CCN1C(=O)/C(=C\c2ccc(C#N)cc2)SC1=S. The molecule has 0 radical (unpaired) electrons. The monoisotopic (exact) mass is 286 g/mol. The van der Waals surface area contributed by atoms with E-state index in [2.05, 4.69) is 12.6 Å². The summed E-state index contributed by atoms with van der Waals surface area (Å²) in [4.78, 5) is 14.2. The first-order chi connectivity index (χ1) is 9.15. The van der Waals surface area contributed by atoms with E-state index in [1.807, 2.05) is 0 Å². The summed E-state index contributed by atoms with van der Waals surface area (Å²) in [5, 5.41) is 8.73. The van der Waals surface area contributed by atoms with E-state index in [0.717, 1.165) is 5.56 Å². The van der Waals surface area contributed by atoms with Crippen LogP contribution in [0.1, 0.15) is 11.1 Å². The number of carbonyl (C=O) groups is 1. The minimum atomic E-state index is -0.0979. The van der Waals surface area contributed by atoms with Crippen LogP contribution in [0.4, 0.5) is 0 Å². The molecule has 0 aromatic heterocycles. The molecule has 0 N–H and O–H groups in total. The molecular formula is C14H10N2OS2. The number of hydrogen-bond acceptors (Lipinski definition) is 4. The van der Waals surface area contributed by atoms with Crippen molar-refractivity contribution < 1.29 is 4.79 Å². The van der Waals surface area contributed by atoms with E-state index in [9.17, 15) is 4.79 Å². The molecule has 1 aliphatic rings. The summed E-state index contributed by atoms with van der Waals surface area (Å²) in [5.41, 5.74) is 1.47. The van der Waals surface area contributed by atoms with Gasteiger partial charge in [0.15, 0.2) is 0 Å². The minimum Gasteiger partial charge on any atom is -0.289 e. The summed E-state index contributed by atoms with van der Waals surface area (Å²) in [6, 6.07) is 9.10. The largest absolute Gasteiger partial charge is 0.289 e. The van der Waals surface area contributed by atoms with Crippen LogP contribution in [-0.2, 0) is 4.79 Å². The molecule has 2 rings (SSSR count). The number of carbonyl (C=O) groups excluding carboxylic acids is 1. The van der Waals surface area contributed by atoms with E-state index in [-0.39, 0.29) is 5.91 Å². The molecule has 0 atom stereocenters. The van der Waals surface area contributed by atoms with Gasteiger partial charge in [-0.15, -0.1) is 6.58 Å². The lowest BCUT2D eigenvalue weighted by Gasteiger charge is -2.10. The molecule has 0 spiro atoms. The highest BCUT2D eigenvalue weighted by atomic mass is 32.2. The Balaban J connectivity index is 2.24. The van der Waals surface area contributed by atoms with Gasteiger partial charge in [0.05, 0.1) is 16.5 Å². The van der Waals surface area contributed by atoms with Crippen LogP contribution in [0.25, 0.3) is 6.08 Å². The van der Waals surface area contributed by atoms with Crippen LogP contribution in [0.2, 0.25) is 0 Å². The van der Waals surface area contributed by atoms with Crippen LogP contribution in [-0.4, -0.2) is 21.7 Å². The molecule has 0 bridgehead atoms. The van der Waals surface area contributed by atoms with Gasteiger partial charge >= 0.3 is 0 Å². The summed E-state index contributed by atoms with van der Waals surface area (Å²) < 4.78 is 0.546. The van der Waals surface area contributed by atoms with E-state index < -0.39 is 0 Å². The number of amides is 1. The molecule has 1 fully saturated rings. The Kier molecular flexibility index (Phi) is 4.15. The third-order valence-electron chi connectivity index (χ3n) is 2.52. The van der Waals surface area contributed by atoms with Gasteiger partial charge in [-0.25, -0.2) is 0 Å². The average Bonchev–Trinajstić information content (AvgIpc) is 2.68. The standard InChI is InChI=1S/C14H10N2OS2/c1-2-7-16-13(17)12(19-14(16)18)8-10-3-5-11(9-15)6-4-10/h2-6,8H,1,7H2/b12-8+. The molecule has 1 aromatic rings. The number of rotatable bonds is 3. The van der Waals surface area contributed by atoms with Crippen molar-refractivity contribution in [3.05, 3.63) is 53.0 Å². The summed E-state index contributed by atoms with van der Waals surface area (Å²) in [5.74, 6) is -0.0979. The highest BCUT2D eigenvalue weighted by Gasteiger charge is 2.30. The van der Waals surface area contributed by atoms with Crippen LogP contribution in [0.15, 0.2) is 41.8 Å². The molecule has 5 heteroatoms. The maximum absolute atomic E-state index is 12.1. The predicted molar refractivity (Wildman–Crippen MR) is 81.2 cm³/mol. The molecule has 19 heavy (non-hydrogen) atoms. The molecule has 1 heterocycles. The Morgan fingerprint density at radius 2 is 2.11 bits per heavy atom. The van der Waals surface area contributed by atoms with Crippen molar-refractivity contribution in [2.45, 2.75) is 0 Å². The first kappa shape index (κ1) is 13.5. The Hall–Kier alpha value is -1.90. The Bertz CT molecular complexity index is 611. The molecule has 0 unspecified atom stereocenters. The summed E-state index contributed by atoms with van der Waals surface area (Å²) in [6.07, 6.45) is 3.43. The zero-order valence-electron chi connectivity index (χ0n) is 10.00. The topological polar surface area (TPSA) is 44.1 Å². The third-order valence-corrected chi connectivity index (χ3v) is 3.90. The van der Waals surface area contributed by atoms with Crippen LogP contribution >= 0.6 is 24.0 Å². The second-order valence-electron chi connectivity index (χ2n) is 3.81. The predicted octanol–water partition coefficient (Wildman–Crippen LogP) is 2.95. The van der Waals surface area contributed by atoms with E-state index in [1.54, 1.807) is 36.4 Å². The smallest absolute Gasteiger partial charge is 0.266 e. The fourth-order valence-electron chi connectivity index (χ4n) is 1.59. The maximum Gasteiger partial charge on any atom is 0.266 e. The van der Waals surface area contributed by atoms with E-state index >= 15 is 0 Å². The molecule has 94 valence electrons. The van der Waals surface area contributed by atoms with Gasteiger partial charge in [0, 0.05) is 6.54 Å². The highest BCUT2D eigenvalue weighted by Crippen LogP contribution is 2.32. The molecule has 1 amide bonds. The molecule has 0 saturated carbocycles. The Labute approximate surface area is 121 Å². The van der Waals surface area contributed by atoms with Crippen LogP contribution in [0.5, 0.6) is 0 Å². The first-order valence-electron chi connectivity index (χ1n) is 5.52. The Morgan fingerprint density at radius 1 is 1.42 bits per heavy atom. The van der Waals surface area contributed by atoms with E-state index in [0.29, 0.717) is 21.3 Å².